The summed E-state index contributed by atoms with van der Waals surface area (Å²) in [5.74, 6) is 2.41. The van der Waals surface area contributed by atoms with Crippen LogP contribution in [0, 0.1) is 0 Å². The molecule has 0 radical (unpaired) electrons. The van der Waals surface area contributed by atoms with Gasteiger partial charge in [0.25, 0.3) is 0 Å². The molecule has 8 heteroatoms. The molecule has 0 aliphatic carbocycles. The van der Waals surface area contributed by atoms with E-state index in [1.165, 1.54) is 17.3 Å². The number of nitrogens with one attached hydrogen (secondary N) is 1. The Morgan fingerprint density at radius 2 is 1.84 bits per heavy atom. The van der Waals surface area contributed by atoms with Crippen LogP contribution in [-0.4, -0.2) is 39.6 Å². The highest BCUT2D eigenvalue weighted by molar-refractivity contribution is 7.99. The summed E-state index contributed by atoms with van der Waals surface area (Å²) in [6, 6.07) is 13.7. The second-order valence-corrected chi connectivity index (χ2v) is 8.09. The zero-order valence-corrected chi connectivity index (χ0v) is 18.6. The van der Waals surface area contributed by atoms with Crippen molar-refractivity contribution in [3.8, 4) is 22.9 Å². The zero-order valence-electron chi connectivity index (χ0n) is 17.8. The first-order chi connectivity index (χ1) is 15.2. The van der Waals surface area contributed by atoms with Crippen molar-refractivity contribution in [3.63, 3.8) is 0 Å². The summed E-state index contributed by atoms with van der Waals surface area (Å²) in [5, 5.41) is 12.3. The lowest BCUT2D eigenvalue weighted by atomic mass is 10.1. The summed E-state index contributed by atoms with van der Waals surface area (Å²) < 4.78 is 13.5. The van der Waals surface area contributed by atoms with Gasteiger partial charge in [0.15, 0.2) is 22.5 Å². The van der Waals surface area contributed by atoms with Gasteiger partial charge in [-0.2, -0.15) is 0 Å². The lowest BCUT2D eigenvalue weighted by molar-refractivity contribution is -0.113. The van der Waals surface area contributed by atoms with Crippen LogP contribution in [0.2, 0.25) is 0 Å². The average molecular weight is 439 g/mol. The summed E-state index contributed by atoms with van der Waals surface area (Å²) in [6.45, 7) is 6.13. The number of ether oxygens (including phenoxy) is 2. The Kier molecular flexibility index (Phi) is 6.76. The second-order valence-electron chi connectivity index (χ2n) is 7.15. The molecule has 0 fully saturated rings. The molecule has 0 unspecified atom stereocenters. The number of nitrogens with zero attached hydrogens (tertiary/aromatic N) is 3. The molecule has 1 N–H and O–H groups in total. The highest BCUT2D eigenvalue weighted by atomic mass is 32.2. The summed E-state index contributed by atoms with van der Waals surface area (Å²) in [7, 11) is 0. The molecule has 1 aliphatic heterocycles. The molecule has 2 heterocycles. The fourth-order valence-corrected chi connectivity index (χ4v) is 4.15. The van der Waals surface area contributed by atoms with Crippen molar-refractivity contribution in [2.75, 3.05) is 24.3 Å². The zero-order chi connectivity index (χ0) is 21.6. The number of thioether (sulfide) groups is 1. The van der Waals surface area contributed by atoms with Crippen molar-refractivity contribution >= 4 is 23.4 Å². The maximum atomic E-state index is 12.4. The molecule has 0 spiro atoms. The Labute approximate surface area is 186 Å². The maximum Gasteiger partial charge on any atom is 0.234 e. The predicted molar refractivity (Wildman–Crippen MR) is 122 cm³/mol. The SMILES string of the molecule is CCc1ccc(NC(=O)CSc2nnc(-c3ccc4c(c3)OCCCO4)n2CC)cc1. The van der Waals surface area contributed by atoms with E-state index < -0.39 is 0 Å². The smallest absolute Gasteiger partial charge is 0.234 e. The van der Waals surface area contributed by atoms with E-state index in [4.69, 9.17) is 9.47 Å². The number of anilines is 1. The third-order valence-corrected chi connectivity index (χ3v) is 5.98. The van der Waals surface area contributed by atoms with E-state index in [1.54, 1.807) is 0 Å². The summed E-state index contributed by atoms with van der Waals surface area (Å²) >= 11 is 1.38. The number of fused-ring (bicyclic) bond motifs is 1. The summed E-state index contributed by atoms with van der Waals surface area (Å²) in [6.07, 6.45) is 1.84. The third kappa shape index (κ3) is 5.02. The van der Waals surface area contributed by atoms with E-state index in [0.29, 0.717) is 24.9 Å². The van der Waals surface area contributed by atoms with Crippen LogP contribution < -0.4 is 14.8 Å². The minimum atomic E-state index is -0.0722. The van der Waals surface area contributed by atoms with Gasteiger partial charge in [-0.3, -0.25) is 4.79 Å². The first-order valence-corrected chi connectivity index (χ1v) is 11.5. The minimum absolute atomic E-state index is 0.0722. The fraction of sp³-hybridized carbons (Fsp3) is 0.348. The Morgan fingerprint density at radius 1 is 1.06 bits per heavy atom. The lowest BCUT2D eigenvalue weighted by Crippen LogP contribution is -2.14. The first kappa shape index (κ1) is 21.2. The van der Waals surface area contributed by atoms with Crippen molar-refractivity contribution in [2.24, 2.45) is 0 Å². The molecule has 4 rings (SSSR count). The molecule has 3 aromatic rings. The van der Waals surface area contributed by atoms with E-state index in [1.807, 2.05) is 54.0 Å². The van der Waals surface area contributed by atoms with E-state index in [0.717, 1.165) is 41.4 Å². The number of amides is 1. The standard InChI is InChI=1S/C23H26N4O3S/c1-3-16-6-9-18(10-7-16)24-21(28)15-31-23-26-25-22(27(23)4-2)17-8-11-19-20(14-17)30-13-5-12-29-19/h6-11,14H,3-5,12-13,15H2,1-2H3,(H,24,28). The molecule has 0 atom stereocenters. The van der Waals surface area contributed by atoms with Gasteiger partial charge in [0.2, 0.25) is 5.91 Å². The number of carbonyl (C=O) groups excluding carboxylic acids is 1. The van der Waals surface area contributed by atoms with Crippen LogP contribution in [0.5, 0.6) is 11.5 Å². The lowest BCUT2D eigenvalue weighted by Gasteiger charge is -2.11. The number of hydrogen-bond donors (Lipinski definition) is 1. The van der Waals surface area contributed by atoms with Crippen molar-refractivity contribution in [1.82, 2.24) is 14.8 Å². The third-order valence-electron chi connectivity index (χ3n) is 5.02. The summed E-state index contributed by atoms with van der Waals surface area (Å²) in [4.78, 5) is 12.4. The largest absolute Gasteiger partial charge is 0.490 e. The number of benzene rings is 2. The van der Waals surface area contributed by atoms with Crippen LogP contribution in [0.25, 0.3) is 11.4 Å². The fourth-order valence-electron chi connectivity index (χ4n) is 3.35. The molecular formula is C23H26N4O3S. The van der Waals surface area contributed by atoms with Crippen LogP contribution >= 0.6 is 11.8 Å². The van der Waals surface area contributed by atoms with Gasteiger partial charge in [-0.15, -0.1) is 10.2 Å². The quantitative estimate of drug-likeness (QED) is 0.550. The number of carbonyl (C=O) groups is 1. The Balaban J connectivity index is 1.44. The van der Waals surface area contributed by atoms with Crippen LogP contribution in [0.15, 0.2) is 47.6 Å². The summed E-state index contributed by atoms with van der Waals surface area (Å²) in [5.41, 5.74) is 2.95. The molecule has 0 saturated heterocycles. The highest BCUT2D eigenvalue weighted by Gasteiger charge is 2.18. The normalized spacial score (nSPS) is 13.0. The van der Waals surface area contributed by atoms with Gasteiger partial charge < -0.3 is 19.4 Å². The number of aryl methyl sites for hydroxylation is 1. The van der Waals surface area contributed by atoms with Gasteiger partial charge in [-0.05, 0) is 49.2 Å². The van der Waals surface area contributed by atoms with E-state index in [-0.39, 0.29) is 11.7 Å². The van der Waals surface area contributed by atoms with Crippen molar-refractivity contribution in [2.45, 2.75) is 38.4 Å². The van der Waals surface area contributed by atoms with E-state index in [2.05, 4.69) is 22.4 Å². The molecule has 31 heavy (non-hydrogen) atoms. The number of rotatable bonds is 7. The Hall–Kier alpha value is -3.00. The molecule has 1 aliphatic rings. The van der Waals surface area contributed by atoms with Crippen molar-refractivity contribution < 1.29 is 14.3 Å². The Morgan fingerprint density at radius 3 is 2.58 bits per heavy atom. The molecule has 162 valence electrons. The van der Waals surface area contributed by atoms with E-state index >= 15 is 0 Å². The van der Waals surface area contributed by atoms with Crippen molar-refractivity contribution in [3.05, 3.63) is 48.0 Å². The topological polar surface area (TPSA) is 78.3 Å². The number of aromatic nitrogens is 3. The van der Waals surface area contributed by atoms with Gasteiger partial charge in [-0.25, -0.2) is 0 Å². The van der Waals surface area contributed by atoms with Crippen LogP contribution in [0.3, 0.4) is 0 Å². The molecule has 1 amide bonds. The molecule has 7 nitrogen and oxygen atoms in total. The average Bonchev–Trinajstić information content (AvgIpc) is 3.06. The van der Waals surface area contributed by atoms with Crippen LogP contribution in [-0.2, 0) is 17.8 Å². The molecule has 0 saturated carbocycles. The first-order valence-electron chi connectivity index (χ1n) is 10.5. The van der Waals surface area contributed by atoms with Gasteiger partial charge in [0.1, 0.15) is 0 Å². The van der Waals surface area contributed by atoms with Crippen LogP contribution in [0.1, 0.15) is 25.8 Å². The highest BCUT2D eigenvalue weighted by Crippen LogP contribution is 2.34. The van der Waals surface area contributed by atoms with Gasteiger partial charge in [0.05, 0.1) is 19.0 Å². The molecular weight excluding hydrogens is 412 g/mol. The number of hydrogen-bond acceptors (Lipinski definition) is 6. The minimum Gasteiger partial charge on any atom is -0.490 e. The second kappa shape index (κ2) is 9.87. The molecule has 0 bridgehead atoms. The van der Waals surface area contributed by atoms with E-state index in [9.17, 15) is 4.79 Å². The Bertz CT molecular complexity index is 1050. The molecule has 2 aromatic carbocycles. The maximum absolute atomic E-state index is 12.4. The van der Waals surface area contributed by atoms with Crippen LogP contribution in [0.4, 0.5) is 5.69 Å². The van der Waals surface area contributed by atoms with Gasteiger partial charge in [0, 0.05) is 24.2 Å². The van der Waals surface area contributed by atoms with Crippen molar-refractivity contribution in [1.29, 1.82) is 0 Å². The van der Waals surface area contributed by atoms with Gasteiger partial charge >= 0.3 is 0 Å². The van der Waals surface area contributed by atoms with Gasteiger partial charge in [-0.1, -0.05) is 30.8 Å². The molecule has 1 aromatic heterocycles. The predicted octanol–water partition coefficient (Wildman–Crippen LogP) is 4.42. The monoisotopic (exact) mass is 438 g/mol.